The van der Waals surface area contributed by atoms with Crippen LogP contribution in [0.4, 0.5) is 0 Å². The Bertz CT molecular complexity index is 231. The number of hydrogen-bond acceptors (Lipinski definition) is 2. The van der Waals surface area contributed by atoms with Gasteiger partial charge in [-0.05, 0) is 19.3 Å². The number of carbonyl (C=O) groups is 2. The Morgan fingerprint density at radius 2 is 1.92 bits per heavy atom. The summed E-state index contributed by atoms with van der Waals surface area (Å²) in [6.45, 7) is 3.50. The summed E-state index contributed by atoms with van der Waals surface area (Å²) < 4.78 is 0. The molecule has 1 fully saturated rings. The van der Waals surface area contributed by atoms with Crippen molar-refractivity contribution in [3.63, 3.8) is 0 Å². The summed E-state index contributed by atoms with van der Waals surface area (Å²) in [6.07, 6.45) is 3.16. The molecule has 1 saturated carbocycles. The van der Waals surface area contributed by atoms with Crippen molar-refractivity contribution in [2.75, 3.05) is 7.05 Å². The highest BCUT2D eigenvalue weighted by Crippen LogP contribution is 2.42. The van der Waals surface area contributed by atoms with Crippen LogP contribution in [0, 0.1) is 0 Å². The average molecular weight is 183 g/mol. The van der Waals surface area contributed by atoms with Gasteiger partial charge in [0.1, 0.15) is 5.54 Å². The maximum Gasteiger partial charge on any atom is 0.220 e. The van der Waals surface area contributed by atoms with Crippen LogP contribution in [0.3, 0.4) is 0 Å². The van der Waals surface area contributed by atoms with E-state index in [4.69, 9.17) is 0 Å². The van der Waals surface area contributed by atoms with Gasteiger partial charge in [0.2, 0.25) is 5.91 Å². The Morgan fingerprint density at radius 1 is 1.38 bits per heavy atom. The summed E-state index contributed by atoms with van der Waals surface area (Å²) in [5.41, 5.74) is -0.415. The van der Waals surface area contributed by atoms with Gasteiger partial charge in [0.25, 0.3) is 0 Å². The molecule has 74 valence electrons. The quantitative estimate of drug-likeness (QED) is 0.660. The molecule has 1 amide bonds. The van der Waals surface area contributed by atoms with Crippen molar-refractivity contribution in [1.29, 1.82) is 0 Å². The summed E-state index contributed by atoms with van der Waals surface area (Å²) in [5, 5.41) is 0. The second kappa shape index (κ2) is 3.48. The first kappa shape index (κ1) is 10.2. The van der Waals surface area contributed by atoms with Gasteiger partial charge in [-0.2, -0.15) is 0 Å². The van der Waals surface area contributed by atoms with E-state index in [1.165, 1.54) is 6.92 Å². The first-order valence-electron chi connectivity index (χ1n) is 4.82. The highest BCUT2D eigenvalue weighted by molar-refractivity contribution is 5.95. The number of ketones is 1. The van der Waals surface area contributed by atoms with Gasteiger partial charge in [0.15, 0.2) is 5.78 Å². The zero-order chi connectivity index (χ0) is 10.1. The van der Waals surface area contributed by atoms with Gasteiger partial charge in [0.05, 0.1) is 0 Å². The molecule has 0 saturated heterocycles. The van der Waals surface area contributed by atoms with Gasteiger partial charge in [-0.15, -0.1) is 0 Å². The maximum atomic E-state index is 11.7. The Hall–Kier alpha value is -0.860. The summed E-state index contributed by atoms with van der Waals surface area (Å²) in [6, 6.07) is 0. The van der Waals surface area contributed by atoms with Crippen molar-refractivity contribution in [2.24, 2.45) is 0 Å². The van der Waals surface area contributed by atoms with Crippen molar-refractivity contribution in [3.05, 3.63) is 0 Å². The zero-order valence-electron chi connectivity index (χ0n) is 8.59. The van der Waals surface area contributed by atoms with Crippen LogP contribution in [0.2, 0.25) is 0 Å². The molecule has 0 heterocycles. The Kier molecular flexibility index (Phi) is 2.74. The summed E-state index contributed by atoms with van der Waals surface area (Å²) >= 11 is 0. The van der Waals surface area contributed by atoms with Crippen LogP contribution in [0.15, 0.2) is 0 Å². The van der Waals surface area contributed by atoms with E-state index >= 15 is 0 Å². The molecule has 0 radical (unpaired) electrons. The lowest BCUT2D eigenvalue weighted by atomic mass is 10.1. The number of nitrogens with zero attached hydrogens (tertiary/aromatic N) is 1. The molecule has 0 unspecified atom stereocenters. The third-order valence-electron chi connectivity index (χ3n) is 2.83. The summed E-state index contributed by atoms with van der Waals surface area (Å²) in [7, 11) is 1.73. The van der Waals surface area contributed by atoms with E-state index in [2.05, 4.69) is 0 Å². The Balaban J connectivity index is 2.66. The van der Waals surface area contributed by atoms with E-state index in [1.807, 2.05) is 6.92 Å². The molecule has 3 heteroatoms. The van der Waals surface area contributed by atoms with E-state index in [-0.39, 0.29) is 11.7 Å². The lowest BCUT2D eigenvalue weighted by molar-refractivity contribution is -0.138. The number of Topliss-reactive ketones (excluding diaryl/α,β-unsaturated/α-hetero) is 1. The number of carbonyl (C=O) groups excluding carboxylic acids is 2. The van der Waals surface area contributed by atoms with Gasteiger partial charge in [-0.3, -0.25) is 9.59 Å². The number of likely N-dealkylation sites (N-methyl/N-ethyl adjacent to an activating group) is 1. The van der Waals surface area contributed by atoms with E-state index in [0.29, 0.717) is 6.42 Å². The molecule has 0 aliphatic heterocycles. The van der Waals surface area contributed by atoms with Gasteiger partial charge >= 0.3 is 0 Å². The van der Waals surface area contributed by atoms with Crippen LogP contribution in [-0.4, -0.2) is 29.2 Å². The van der Waals surface area contributed by atoms with Crippen molar-refractivity contribution >= 4 is 11.7 Å². The van der Waals surface area contributed by atoms with Gasteiger partial charge in [-0.25, -0.2) is 0 Å². The molecular weight excluding hydrogens is 166 g/mol. The van der Waals surface area contributed by atoms with Crippen LogP contribution < -0.4 is 0 Å². The average Bonchev–Trinajstić information content (AvgIpc) is 2.83. The predicted octanol–water partition coefficient (Wildman–Crippen LogP) is 1.37. The van der Waals surface area contributed by atoms with E-state index in [9.17, 15) is 9.59 Å². The Morgan fingerprint density at radius 3 is 2.23 bits per heavy atom. The van der Waals surface area contributed by atoms with Crippen molar-refractivity contribution < 1.29 is 9.59 Å². The van der Waals surface area contributed by atoms with Gasteiger partial charge in [0, 0.05) is 20.4 Å². The topological polar surface area (TPSA) is 37.4 Å². The highest BCUT2D eigenvalue weighted by atomic mass is 16.2. The van der Waals surface area contributed by atoms with E-state index in [0.717, 1.165) is 19.3 Å². The minimum absolute atomic E-state index is 0.0121. The predicted molar refractivity (Wildman–Crippen MR) is 50.3 cm³/mol. The Labute approximate surface area is 79.1 Å². The van der Waals surface area contributed by atoms with Crippen LogP contribution in [-0.2, 0) is 9.59 Å². The molecule has 0 bridgehead atoms. The second-order valence-electron chi connectivity index (χ2n) is 3.78. The smallest absolute Gasteiger partial charge is 0.220 e. The number of amides is 1. The molecule has 13 heavy (non-hydrogen) atoms. The molecule has 0 spiro atoms. The largest absolute Gasteiger partial charge is 0.333 e. The molecule has 1 rings (SSSR count). The van der Waals surface area contributed by atoms with Crippen molar-refractivity contribution in [1.82, 2.24) is 4.90 Å². The first-order valence-corrected chi connectivity index (χ1v) is 4.82. The molecule has 0 aromatic heterocycles. The molecular formula is C10H17NO2. The summed E-state index contributed by atoms with van der Waals surface area (Å²) in [5.74, 6) is 0.217. The first-order chi connectivity index (χ1) is 6.04. The monoisotopic (exact) mass is 183 g/mol. The van der Waals surface area contributed by atoms with Gasteiger partial charge in [-0.1, -0.05) is 6.92 Å². The molecule has 3 nitrogen and oxygen atoms in total. The number of hydrogen-bond donors (Lipinski definition) is 0. The second-order valence-corrected chi connectivity index (χ2v) is 3.78. The fourth-order valence-electron chi connectivity index (χ4n) is 1.68. The summed E-state index contributed by atoms with van der Waals surface area (Å²) in [4.78, 5) is 24.4. The molecule has 0 aromatic carbocycles. The number of rotatable bonds is 4. The molecule has 0 atom stereocenters. The van der Waals surface area contributed by atoms with Crippen molar-refractivity contribution in [3.8, 4) is 0 Å². The van der Waals surface area contributed by atoms with Crippen molar-refractivity contribution in [2.45, 2.75) is 45.1 Å². The van der Waals surface area contributed by atoms with Crippen LogP contribution in [0.25, 0.3) is 0 Å². The van der Waals surface area contributed by atoms with Crippen LogP contribution in [0.1, 0.15) is 39.5 Å². The van der Waals surface area contributed by atoms with Gasteiger partial charge < -0.3 is 4.90 Å². The molecule has 1 aliphatic rings. The SMILES string of the molecule is CCCC(=O)C1(N(C)C(C)=O)CC1. The van der Waals surface area contributed by atoms with Crippen LogP contribution in [0.5, 0.6) is 0 Å². The third-order valence-corrected chi connectivity index (χ3v) is 2.83. The lowest BCUT2D eigenvalue weighted by Gasteiger charge is -2.25. The standard InChI is InChI=1S/C10H17NO2/c1-4-5-9(13)10(6-7-10)11(3)8(2)12/h4-7H2,1-3H3. The lowest BCUT2D eigenvalue weighted by Crippen LogP contribution is -2.43. The highest BCUT2D eigenvalue weighted by Gasteiger charge is 2.53. The molecule has 0 aromatic rings. The normalized spacial score (nSPS) is 18.1. The fourth-order valence-corrected chi connectivity index (χ4v) is 1.68. The van der Waals surface area contributed by atoms with Crippen LogP contribution >= 0.6 is 0 Å². The third kappa shape index (κ3) is 1.74. The minimum Gasteiger partial charge on any atom is -0.333 e. The molecule has 0 N–H and O–H groups in total. The van der Waals surface area contributed by atoms with E-state index in [1.54, 1.807) is 11.9 Å². The fraction of sp³-hybridized carbons (Fsp3) is 0.800. The van der Waals surface area contributed by atoms with E-state index < -0.39 is 5.54 Å². The maximum absolute atomic E-state index is 11.7. The minimum atomic E-state index is -0.415. The molecule has 1 aliphatic carbocycles. The zero-order valence-corrected chi connectivity index (χ0v) is 8.59.